The third-order valence-corrected chi connectivity index (χ3v) is 1.78. The number of carboxylic acids is 1. The zero-order chi connectivity index (χ0) is 9.42. The number of hydrogen-bond donors (Lipinski definition) is 1. The molecule has 66 valence electrons. The lowest BCUT2D eigenvalue weighted by molar-refractivity contribution is 0.0695. The van der Waals surface area contributed by atoms with E-state index in [1.54, 1.807) is 6.20 Å². The number of rotatable bonds is 1. The number of hydrogen-bond acceptors (Lipinski definition) is 3. The van der Waals surface area contributed by atoms with Crippen molar-refractivity contribution in [3.8, 4) is 0 Å². The number of aromatic carboxylic acids is 1. The molecule has 2 aromatic heterocycles. The van der Waals surface area contributed by atoms with Gasteiger partial charge in [0.15, 0.2) is 5.65 Å². The quantitative estimate of drug-likeness (QED) is 0.697. The monoisotopic (exact) mass is 177 g/mol. The molecular formula is C8H7N3O2. The maximum absolute atomic E-state index is 10.6. The predicted octanol–water partition coefficient (Wildman–Crippen LogP) is 0.736. The van der Waals surface area contributed by atoms with Gasteiger partial charge < -0.3 is 5.11 Å². The van der Waals surface area contributed by atoms with E-state index in [9.17, 15) is 4.79 Å². The number of fused-ring (bicyclic) bond motifs is 1. The molecule has 2 rings (SSSR count). The van der Waals surface area contributed by atoms with Crippen LogP contribution in [0.4, 0.5) is 0 Å². The van der Waals surface area contributed by atoms with Crippen molar-refractivity contribution in [1.29, 1.82) is 0 Å². The van der Waals surface area contributed by atoms with Crippen LogP contribution >= 0.6 is 0 Å². The average Bonchev–Trinajstić information content (AvgIpc) is 2.47. The molecule has 0 amide bonds. The number of carbonyl (C=O) groups is 1. The minimum atomic E-state index is -0.998. The minimum Gasteiger partial charge on any atom is -0.478 e. The predicted molar refractivity (Wildman–Crippen MR) is 44.7 cm³/mol. The van der Waals surface area contributed by atoms with E-state index < -0.39 is 5.97 Å². The molecule has 0 unspecified atom stereocenters. The summed E-state index contributed by atoms with van der Waals surface area (Å²) in [6.45, 7) is 1.87. The molecule has 5 nitrogen and oxygen atoms in total. The summed E-state index contributed by atoms with van der Waals surface area (Å²) in [6, 6.07) is 0. The Labute approximate surface area is 73.6 Å². The first kappa shape index (κ1) is 7.72. The third-order valence-electron chi connectivity index (χ3n) is 1.78. The molecule has 0 atom stereocenters. The zero-order valence-corrected chi connectivity index (χ0v) is 6.93. The van der Waals surface area contributed by atoms with Crippen LogP contribution in [-0.2, 0) is 0 Å². The molecule has 2 heterocycles. The van der Waals surface area contributed by atoms with Gasteiger partial charge in [0.25, 0.3) is 0 Å². The Hall–Kier alpha value is -1.91. The lowest BCUT2D eigenvalue weighted by atomic mass is 10.3. The first-order valence-electron chi connectivity index (χ1n) is 3.72. The molecule has 0 saturated heterocycles. The van der Waals surface area contributed by atoms with Crippen molar-refractivity contribution in [2.75, 3.05) is 0 Å². The molecule has 0 radical (unpaired) electrons. The molecule has 0 fully saturated rings. The average molecular weight is 177 g/mol. The molecule has 0 spiro atoms. The maximum atomic E-state index is 10.6. The van der Waals surface area contributed by atoms with Gasteiger partial charge in [-0.25, -0.2) is 14.3 Å². The van der Waals surface area contributed by atoms with Crippen molar-refractivity contribution in [2.24, 2.45) is 0 Å². The van der Waals surface area contributed by atoms with Crippen molar-refractivity contribution in [3.05, 3.63) is 29.7 Å². The molecular weight excluding hydrogens is 170 g/mol. The number of nitrogens with zero attached hydrogens (tertiary/aromatic N) is 3. The van der Waals surface area contributed by atoms with Gasteiger partial charge in [-0.2, -0.15) is 5.10 Å². The Balaban J connectivity index is 2.70. The first-order valence-corrected chi connectivity index (χ1v) is 3.72. The minimum absolute atomic E-state index is 0.135. The Bertz CT molecular complexity index is 475. The van der Waals surface area contributed by atoms with Gasteiger partial charge >= 0.3 is 5.97 Å². The third kappa shape index (κ3) is 1.14. The van der Waals surface area contributed by atoms with E-state index in [1.165, 1.54) is 16.9 Å². The van der Waals surface area contributed by atoms with Crippen molar-refractivity contribution in [1.82, 2.24) is 14.6 Å². The second-order valence-corrected chi connectivity index (χ2v) is 2.74. The van der Waals surface area contributed by atoms with Gasteiger partial charge in [0.05, 0.1) is 11.8 Å². The SMILES string of the molecule is Cc1cnn2cc(C(=O)O)cnc12. The van der Waals surface area contributed by atoms with Crippen LogP contribution in [0.2, 0.25) is 0 Å². The number of aryl methyl sites for hydroxylation is 1. The van der Waals surface area contributed by atoms with Crippen LogP contribution in [0.1, 0.15) is 15.9 Å². The van der Waals surface area contributed by atoms with Crippen LogP contribution in [0, 0.1) is 6.92 Å². The van der Waals surface area contributed by atoms with Crippen LogP contribution in [0.15, 0.2) is 18.6 Å². The molecule has 1 N–H and O–H groups in total. The van der Waals surface area contributed by atoms with Gasteiger partial charge in [-0.3, -0.25) is 0 Å². The summed E-state index contributed by atoms with van der Waals surface area (Å²) in [5.41, 5.74) is 1.75. The van der Waals surface area contributed by atoms with E-state index >= 15 is 0 Å². The van der Waals surface area contributed by atoms with Gasteiger partial charge in [0.2, 0.25) is 0 Å². The fourth-order valence-corrected chi connectivity index (χ4v) is 1.10. The van der Waals surface area contributed by atoms with Crippen LogP contribution in [-0.4, -0.2) is 25.7 Å². The molecule has 0 bridgehead atoms. The summed E-state index contributed by atoms with van der Waals surface area (Å²) < 4.78 is 1.46. The smallest absolute Gasteiger partial charge is 0.338 e. The van der Waals surface area contributed by atoms with Crippen molar-refractivity contribution >= 4 is 11.6 Å². The van der Waals surface area contributed by atoms with Gasteiger partial charge in [0.1, 0.15) is 0 Å². The second kappa shape index (κ2) is 2.55. The summed E-state index contributed by atoms with van der Waals surface area (Å²) in [7, 11) is 0. The highest BCUT2D eigenvalue weighted by atomic mass is 16.4. The molecule has 13 heavy (non-hydrogen) atoms. The topological polar surface area (TPSA) is 67.5 Å². The highest BCUT2D eigenvalue weighted by Gasteiger charge is 2.06. The van der Waals surface area contributed by atoms with Gasteiger partial charge in [-0.05, 0) is 6.92 Å². The van der Waals surface area contributed by atoms with Crippen LogP contribution in [0.25, 0.3) is 5.65 Å². The highest BCUT2D eigenvalue weighted by Crippen LogP contribution is 2.06. The fraction of sp³-hybridized carbons (Fsp3) is 0.125. The second-order valence-electron chi connectivity index (χ2n) is 2.74. The van der Waals surface area contributed by atoms with Crippen LogP contribution in [0.5, 0.6) is 0 Å². The Morgan fingerprint density at radius 1 is 1.54 bits per heavy atom. The van der Waals surface area contributed by atoms with E-state index in [0.717, 1.165) is 5.56 Å². The molecule has 2 aromatic rings. The summed E-state index contributed by atoms with van der Waals surface area (Å²) in [5.74, 6) is -0.998. The largest absolute Gasteiger partial charge is 0.478 e. The Morgan fingerprint density at radius 2 is 2.31 bits per heavy atom. The Kier molecular flexibility index (Phi) is 1.51. The zero-order valence-electron chi connectivity index (χ0n) is 6.93. The molecule has 0 aliphatic heterocycles. The Morgan fingerprint density at radius 3 is 3.00 bits per heavy atom. The molecule has 5 heteroatoms. The summed E-state index contributed by atoms with van der Waals surface area (Å²) in [4.78, 5) is 14.6. The molecule has 0 aliphatic carbocycles. The van der Waals surface area contributed by atoms with Gasteiger partial charge in [-0.1, -0.05) is 0 Å². The first-order chi connectivity index (χ1) is 6.18. The van der Waals surface area contributed by atoms with Crippen LogP contribution < -0.4 is 0 Å². The summed E-state index contributed by atoms with van der Waals surface area (Å²) in [6.07, 6.45) is 4.41. The molecule has 0 aromatic carbocycles. The number of aromatic nitrogens is 3. The van der Waals surface area contributed by atoms with Gasteiger partial charge in [0, 0.05) is 18.0 Å². The van der Waals surface area contributed by atoms with Crippen molar-refractivity contribution in [2.45, 2.75) is 6.92 Å². The standard InChI is InChI=1S/C8H7N3O2/c1-5-2-10-11-4-6(8(12)13)3-9-7(5)11/h2-4H,1H3,(H,12,13). The number of carboxylic acid groups (broad SMARTS) is 1. The lowest BCUT2D eigenvalue weighted by Gasteiger charge is -1.95. The van der Waals surface area contributed by atoms with Crippen molar-refractivity contribution in [3.63, 3.8) is 0 Å². The molecule has 0 saturated carbocycles. The van der Waals surface area contributed by atoms with E-state index in [0.29, 0.717) is 5.65 Å². The van der Waals surface area contributed by atoms with E-state index in [-0.39, 0.29) is 5.56 Å². The van der Waals surface area contributed by atoms with Crippen LogP contribution in [0.3, 0.4) is 0 Å². The summed E-state index contributed by atoms with van der Waals surface area (Å²) in [5, 5.41) is 12.6. The summed E-state index contributed by atoms with van der Waals surface area (Å²) >= 11 is 0. The van der Waals surface area contributed by atoms with E-state index in [1.807, 2.05) is 6.92 Å². The lowest BCUT2D eigenvalue weighted by Crippen LogP contribution is -2.01. The van der Waals surface area contributed by atoms with E-state index in [2.05, 4.69) is 10.1 Å². The molecule has 0 aliphatic rings. The van der Waals surface area contributed by atoms with E-state index in [4.69, 9.17) is 5.11 Å². The fourth-order valence-electron chi connectivity index (χ4n) is 1.10. The normalized spacial score (nSPS) is 10.5. The van der Waals surface area contributed by atoms with Gasteiger partial charge in [-0.15, -0.1) is 0 Å². The maximum Gasteiger partial charge on any atom is 0.338 e. The highest BCUT2D eigenvalue weighted by molar-refractivity contribution is 5.87. The van der Waals surface area contributed by atoms with Crippen molar-refractivity contribution < 1.29 is 9.90 Å².